The molecular weight excluding hydrogens is 286 g/mol. The van der Waals surface area contributed by atoms with Gasteiger partial charge in [-0.3, -0.25) is 4.98 Å². The van der Waals surface area contributed by atoms with Crippen molar-refractivity contribution < 1.29 is 4.43 Å². The number of hydrogen-bond acceptors (Lipinski definition) is 2. The molecule has 0 spiro atoms. The van der Waals surface area contributed by atoms with Crippen LogP contribution in [-0.4, -0.2) is 19.9 Å². The Balaban J connectivity index is 2.24. The minimum absolute atomic E-state index is 0.191. The smallest absolute Gasteiger partial charge is 0.192 e. The second-order valence-corrected chi connectivity index (χ2v) is 12.1. The first-order valence-electron chi connectivity index (χ1n) is 7.91. The average Bonchev–Trinajstić information content (AvgIpc) is 2.48. The van der Waals surface area contributed by atoms with Crippen LogP contribution in [0.25, 0.3) is 0 Å². The van der Waals surface area contributed by atoms with Crippen molar-refractivity contribution in [2.24, 2.45) is 0 Å². The SMILES string of the molecule is CC(C)(C)[Si](C)(C)OC[C@@H](c1ccccc1)c1ccccn1. The summed E-state index contributed by atoms with van der Waals surface area (Å²) in [6.07, 6.45) is 1.86. The summed E-state index contributed by atoms with van der Waals surface area (Å²) in [5.74, 6) is 0.191. The molecule has 118 valence electrons. The predicted molar refractivity (Wildman–Crippen MR) is 95.7 cm³/mol. The minimum atomic E-state index is -1.76. The summed E-state index contributed by atoms with van der Waals surface area (Å²) in [6, 6.07) is 16.6. The second kappa shape index (κ2) is 6.76. The molecule has 0 saturated heterocycles. The molecule has 0 N–H and O–H groups in total. The first-order valence-corrected chi connectivity index (χ1v) is 10.8. The van der Waals surface area contributed by atoms with Crippen LogP contribution in [-0.2, 0) is 4.43 Å². The molecule has 1 aromatic heterocycles. The zero-order valence-corrected chi connectivity index (χ0v) is 15.3. The van der Waals surface area contributed by atoms with Crippen LogP contribution in [0.5, 0.6) is 0 Å². The molecule has 1 aromatic carbocycles. The van der Waals surface area contributed by atoms with Crippen molar-refractivity contribution in [3.63, 3.8) is 0 Å². The number of pyridine rings is 1. The minimum Gasteiger partial charge on any atom is -0.416 e. The summed E-state index contributed by atoms with van der Waals surface area (Å²) in [7, 11) is -1.76. The predicted octanol–water partition coefficient (Wildman–Crippen LogP) is 5.24. The zero-order valence-electron chi connectivity index (χ0n) is 14.3. The normalized spacial score (nSPS) is 13.9. The van der Waals surface area contributed by atoms with E-state index in [-0.39, 0.29) is 11.0 Å². The Kier molecular flexibility index (Phi) is 5.19. The summed E-state index contributed by atoms with van der Waals surface area (Å²) < 4.78 is 6.46. The Bertz CT molecular complexity index is 536. The van der Waals surface area contributed by atoms with Gasteiger partial charge < -0.3 is 4.43 Å². The lowest BCUT2D eigenvalue weighted by atomic mass is 9.96. The Morgan fingerprint density at radius 3 is 2.18 bits per heavy atom. The highest BCUT2D eigenvalue weighted by molar-refractivity contribution is 6.74. The van der Waals surface area contributed by atoms with E-state index in [1.165, 1.54) is 5.56 Å². The van der Waals surface area contributed by atoms with Crippen molar-refractivity contribution in [2.45, 2.75) is 44.8 Å². The lowest BCUT2D eigenvalue weighted by Crippen LogP contribution is -2.41. The van der Waals surface area contributed by atoms with E-state index in [1.54, 1.807) is 0 Å². The van der Waals surface area contributed by atoms with E-state index in [0.717, 1.165) is 5.69 Å². The van der Waals surface area contributed by atoms with E-state index in [9.17, 15) is 0 Å². The summed E-state index contributed by atoms with van der Waals surface area (Å²) in [4.78, 5) is 4.55. The number of benzene rings is 1. The van der Waals surface area contributed by atoms with Crippen LogP contribution in [0, 0.1) is 0 Å². The Morgan fingerprint density at radius 1 is 1.00 bits per heavy atom. The highest BCUT2D eigenvalue weighted by Gasteiger charge is 2.37. The maximum atomic E-state index is 6.46. The fraction of sp³-hybridized carbons (Fsp3) is 0.421. The van der Waals surface area contributed by atoms with Gasteiger partial charge in [0.15, 0.2) is 8.32 Å². The van der Waals surface area contributed by atoms with E-state index in [2.05, 4.69) is 69.2 Å². The van der Waals surface area contributed by atoms with E-state index < -0.39 is 8.32 Å². The molecule has 22 heavy (non-hydrogen) atoms. The summed E-state index contributed by atoms with van der Waals surface area (Å²) in [5, 5.41) is 0.221. The molecule has 0 aliphatic heterocycles. The zero-order chi connectivity index (χ0) is 16.2. The summed E-state index contributed by atoms with van der Waals surface area (Å²) in [6.45, 7) is 12.1. The van der Waals surface area contributed by atoms with Crippen molar-refractivity contribution in [2.75, 3.05) is 6.61 Å². The molecule has 0 saturated carbocycles. The molecular formula is C19H27NOSi. The molecule has 2 nitrogen and oxygen atoms in total. The Morgan fingerprint density at radius 2 is 1.64 bits per heavy atom. The van der Waals surface area contributed by atoms with E-state index >= 15 is 0 Å². The van der Waals surface area contributed by atoms with Crippen molar-refractivity contribution in [3.05, 3.63) is 66.0 Å². The fourth-order valence-electron chi connectivity index (χ4n) is 2.13. The average molecular weight is 314 g/mol. The number of hydrogen-bond donors (Lipinski definition) is 0. The molecule has 0 unspecified atom stereocenters. The molecule has 0 fully saturated rings. The van der Waals surface area contributed by atoms with Crippen LogP contribution in [0.1, 0.15) is 37.9 Å². The lowest BCUT2D eigenvalue weighted by Gasteiger charge is -2.37. The Labute approximate surface area is 135 Å². The molecule has 0 aliphatic rings. The highest BCUT2D eigenvalue weighted by Crippen LogP contribution is 2.37. The monoisotopic (exact) mass is 313 g/mol. The summed E-state index contributed by atoms with van der Waals surface area (Å²) >= 11 is 0. The van der Waals surface area contributed by atoms with Crippen molar-refractivity contribution in [1.29, 1.82) is 0 Å². The van der Waals surface area contributed by atoms with E-state index in [0.29, 0.717) is 6.61 Å². The molecule has 0 radical (unpaired) electrons. The van der Waals surface area contributed by atoms with E-state index in [1.807, 2.05) is 24.4 Å². The van der Waals surface area contributed by atoms with Crippen molar-refractivity contribution in [3.8, 4) is 0 Å². The maximum absolute atomic E-state index is 6.46. The largest absolute Gasteiger partial charge is 0.416 e. The van der Waals surface area contributed by atoms with Gasteiger partial charge in [-0.1, -0.05) is 57.2 Å². The number of nitrogens with zero attached hydrogens (tertiary/aromatic N) is 1. The van der Waals surface area contributed by atoms with Gasteiger partial charge in [-0.25, -0.2) is 0 Å². The molecule has 2 aromatic rings. The summed E-state index contributed by atoms with van der Waals surface area (Å²) in [5.41, 5.74) is 2.34. The first kappa shape index (κ1) is 16.9. The molecule has 0 amide bonds. The number of aromatic nitrogens is 1. The van der Waals surface area contributed by atoms with Crippen LogP contribution >= 0.6 is 0 Å². The lowest BCUT2D eigenvalue weighted by molar-refractivity contribution is 0.274. The Hall–Kier alpha value is -1.45. The van der Waals surface area contributed by atoms with E-state index in [4.69, 9.17) is 4.43 Å². The van der Waals surface area contributed by atoms with Gasteiger partial charge in [-0.05, 0) is 35.8 Å². The first-order chi connectivity index (χ1) is 10.3. The van der Waals surface area contributed by atoms with Crippen LogP contribution < -0.4 is 0 Å². The second-order valence-electron chi connectivity index (χ2n) is 7.29. The topological polar surface area (TPSA) is 22.1 Å². The van der Waals surface area contributed by atoms with Gasteiger partial charge in [0.1, 0.15) is 0 Å². The third-order valence-corrected chi connectivity index (χ3v) is 9.16. The number of rotatable bonds is 5. The van der Waals surface area contributed by atoms with Gasteiger partial charge in [0.2, 0.25) is 0 Å². The van der Waals surface area contributed by atoms with Crippen LogP contribution in [0.4, 0.5) is 0 Å². The third kappa shape index (κ3) is 4.05. The standard InChI is InChI=1S/C19H27NOSi/c1-19(2,3)22(4,5)21-15-17(16-11-7-6-8-12-16)18-13-9-10-14-20-18/h6-14,17H,15H2,1-5H3/t17-/m0/s1. The van der Waals surface area contributed by atoms with Gasteiger partial charge in [0.05, 0.1) is 5.69 Å². The van der Waals surface area contributed by atoms with Crippen molar-refractivity contribution in [1.82, 2.24) is 4.98 Å². The third-order valence-electron chi connectivity index (χ3n) is 4.66. The maximum Gasteiger partial charge on any atom is 0.192 e. The van der Waals surface area contributed by atoms with Gasteiger partial charge in [-0.15, -0.1) is 0 Å². The molecule has 2 rings (SSSR count). The molecule has 3 heteroatoms. The highest BCUT2D eigenvalue weighted by atomic mass is 28.4. The fourth-order valence-corrected chi connectivity index (χ4v) is 3.14. The molecule has 1 heterocycles. The van der Waals surface area contributed by atoms with Crippen LogP contribution in [0.3, 0.4) is 0 Å². The molecule has 0 aliphatic carbocycles. The van der Waals surface area contributed by atoms with Gasteiger partial charge in [0.25, 0.3) is 0 Å². The quantitative estimate of drug-likeness (QED) is 0.705. The van der Waals surface area contributed by atoms with Gasteiger partial charge in [0, 0.05) is 18.7 Å². The molecule has 0 bridgehead atoms. The van der Waals surface area contributed by atoms with Gasteiger partial charge in [-0.2, -0.15) is 0 Å². The van der Waals surface area contributed by atoms with Crippen LogP contribution in [0.15, 0.2) is 54.7 Å². The van der Waals surface area contributed by atoms with Crippen molar-refractivity contribution >= 4 is 8.32 Å². The molecule has 1 atom stereocenters. The van der Waals surface area contributed by atoms with Crippen LogP contribution in [0.2, 0.25) is 18.1 Å². The van der Waals surface area contributed by atoms with Gasteiger partial charge >= 0.3 is 0 Å².